The normalized spacial score (nSPS) is 10.1. The first-order valence-corrected chi connectivity index (χ1v) is 4.76. The molecule has 14 heavy (non-hydrogen) atoms. The summed E-state index contributed by atoms with van der Waals surface area (Å²) in [5.41, 5.74) is 7.73. The first-order chi connectivity index (χ1) is 6.75. The Kier molecular flexibility index (Phi) is 2.41. The molecule has 2 heterocycles. The van der Waals surface area contributed by atoms with Crippen LogP contribution in [0.2, 0.25) is 0 Å². The molecule has 4 nitrogen and oxygen atoms in total. The minimum absolute atomic E-state index is 0.666. The molecule has 0 unspecified atom stereocenters. The molecule has 0 aromatic carbocycles. The van der Waals surface area contributed by atoms with Gasteiger partial charge in [0.25, 0.3) is 0 Å². The lowest BCUT2D eigenvalue weighted by atomic mass is 10.2. The minimum Gasteiger partial charge on any atom is -0.399 e. The topological polar surface area (TPSA) is 64.7 Å². The van der Waals surface area contributed by atoms with Crippen LogP contribution in [0.25, 0.3) is 11.4 Å². The molecule has 0 amide bonds. The molecule has 5 heteroatoms. The second-order valence-electron chi connectivity index (χ2n) is 2.72. The lowest BCUT2D eigenvalue weighted by Crippen LogP contribution is -1.92. The van der Waals surface area contributed by atoms with E-state index in [1.165, 1.54) is 0 Å². The number of halogens is 1. The van der Waals surface area contributed by atoms with Gasteiger partial charge < -0.3 is 5.73 Å². The predicted octanol–water partition coefficient (Wildman–Crippen LogP) is 1.88. The van der Waals surface area contributed by atoms with Gasteiger partial charge in [-0.3, -0.25) is 4.98 Å². The van der Waals surface area contributed by atoms with Gasteiger partial charge in [0, 0.05) is 11.9 Å². The largest absolute Gasteiger partial charge is 0.399 e. The maximum atomic E-state index is 5.63. The average Bonchev–Trinajstić information content (AvgIpc) is 2.19. The van der Waals surface area contributed by atoms with Crippen LogP contribution in [0.15, 0.2) is 35.1 Å². The van der Waals surface area contributed by atoms with Gasteiger partial charge in [0.1, 0.15) is 10.3 Å². The molecule has 0 saturated heterocycles. The highest BCUT2D eigenvalue weighted by atomic mass is 79.9. The summed E-state index contributed by atoms with van der Waals surface area (Å²) in [4.78, 5) is 4.14. The summed E-state index contributed by atoms with van der Waals surface area (Å²) in [5, 5.41) is 7.85. The highest BCUT2D eigenvalue weighted by Crippen LogP contribution is 2.16. The second-order valence-corrected chi connectivity index (χ2v) is 3.53. The van der Waals surface area contributed by atoms with E-state index in [-0.39, 0.29) is 0 Å². The number of rotatable bonds is 1. The van der Waals surface area contributed by atoms with Gasteiger partial charge in [0.2, 0.25) is 0 Å². The molecule has 0 aliphatic carbocycles. The zero-order valence-electron chi connectivity index (χ0n) is 7.18. The molecule has 0 radical (unpaired) electrons. The fraction of sp³-hybridized carbons (Fsp3) is 0. The molecule has 0 aliphatic heterocycles. The van der Waals surface area contributed by atoms with Crippen LogP contribution >= 0.6 is 15.9 Å². The third kappa shape index (κ3) is 1.88. The molecular weight excluding hydrogens is 244 g/mol. The number of pyridine rings is 1. The van der Waals surface area contributed by atoms with Crippen LogP contribution in [0.4, 0.5) is 5.69 Å². The molecular formula is C9H7BrN4. The van der Waals surface area contributed by atoms with Crippen molar-refractivity contribution in [3.05, 3.63) is 35.1 Å². The number of hydrogen-bond donors (Lipinski definition) is 1. The van der Waals surface area contributed by atoms with Gasteiger partial charge in [-0.1, -0.05) is 0 Å². The van der Waals surface area contributed by atoms with Gasteiger partial charge in [0.05, 0.1) is 5.69 Å². The fourth-order valence-corrected chi connectivity index (χ4v) is 1.25. The van der Waals surface area contributed by atoms with Crippen molar-refractivity contribution in [2.24, 2.45) is 0 Å². The quantitative estimate of drug-likeness (QED) is 0.840. The Balaban J connectivity index is 2.44. The van der Waals surface area contributed by atoms with E-state index in [4.69, 9.17) is 5.73 Å². The van der Waals surface area contributed by atoms with Crippen LogP contribution in [-0.4, -0.2) is 15.2 Å². The molecule has 0 saturated carbocycles. The number of nitrogens with two attached hydrogens (primary N) is 1. The van der Waals surface area contributed by atoms with Gasteiger partial charge in [-0.2, -0.15) is 0 Å². The Morgan fingerprint density at radius 2 is 1.93 bits per heavy atom. The van der Waals surface area contributed by atoms with Crippen molar-refractivity contribution >= 4 is 21.6 Å². The van der Waals surface area contributed by atoms with Gasteiger partial charge >= 0.3 is 0 Å². The Bertz CT molecular complexity index is 441. The summed E-state index contributed by atoms with van der Waals surface area (Å²) in [6.07, 6.45) is 1.65. The van der Waals surface area contributed by atoms with Crippen molar-refractivity contribution in [1.29, 1.82) is 0 Å². The van der Waals surface area contributed by atoms with Crippen molar-refractivity contribution in [3.63, 3.8) is 0 Å². The fourth-order valence-electron chi connectivity index (χ4n) is 1.04. The SMILES string of the molecule is Nc1ccnc(-c2ccc(Br)nn2)c1. The third-order valence-electron chi connectivity index (χ3n) is 1.68. The summed E-state index contributed by atoms with van der Waals surface area (Å²) >= 11 is 3.21. The molecule has 2 aromatic heterocycles. The number of nitrogens with zero attached hydrogens (tertiary/aromatic N) is 3. The van der Waals surface area contributed by atoms with E-state index in [2.05, 4.69) is 31.1 Å². The van der Waals surface area contributed by atoms with Crippen molar-refractivity contribution in [2.75, 3.05) is 5.73 Å². The molecule has 2 aromatic rings. The van der Waals surface area contributed by atoms with Crippen LogP contribution < -0.4 is 5.73 Å². The van der Waals surface area contributed by atoms with Gasteiger partial charge in [-0.25, -0.2) is 0 Å². The van der Waals surface area contributed by atoms with Crippen molar-refractivity contribution < 1.29 is 0 Å². The maximum absolute atomic E-state index is 5.63. The van der Waals surface area contributed by atoms with Crippen LogP contribution in [0.5, 0.6) is 0 Å². The van der Waals surface area contributed by atoms with Crippen molar-refractivity contribution in [1.82, 2.24) is 15.2 Å². The summed E-state index contributed by atoms with van der Waals surface area (Å²) in [5.74, 6) is 0. The number of anilines is 1. The predicted molar refractivity (Wildman–Crippen MR) is 57.4 cm³/mol. The van der Waals surface area contributed by atoms with Crippen molar-refractivity contribution in [3.8, 4) is 11.4 Å². The maximum Gasteiger partial charge on any atom is 0.128 e. The smallest absolute Gasteiger partial charge is 0.128 e. The van der Waals surface area contributed by atoms with E-state index >= 15 is 0 Å². The first-order valence-electron chi connectivity index (χ1n) is 3.97. The third-order valence-corrected chi connectivity index (χ3v) is 2.10. The van der Waals surface area contributed by atoms with Gasteiger partial charge in [0.15, 0.2) is 0 Å². The van der Waals surface area contributed by atoms with E-state index in [1.54, 1.807) is 18.3 Å². The molecule has 0 bridgehead atoms. The number of aromatic nitrogens is 3. The van der Waals surface area contributed by atoms with Gasteiger partial charge in [-0.15, -0.1) is 10.2 Å². The van der Waals surface area contributed by atoms with Crippen LogP contribution in [0, 0.1) is 0 Å². The Labute approximate surface area is 89.3 Å². The van der Waals surface area contributed by atoms with E-state index in [9.17, 15) is 0 Å². The molecule has 0 aliphatic rings. The highest BCUT2D eigenvalue weighted by Gasteiger charge is 2.01. The highest BCUT2D eigenvalue weighted by molar-refractivity contribution is 9.10. The van der Waals surface area contributed by atoms with Crippen molar-refractivity contribution in [2.45, 2.75) is 0 Å². The minimum atomic E-state index is 0.666. The van der Waals surface area contributed by atoms with Crippen LogP contribution in [-0.2, 0) is 0 Å². The lowest BCUT2D eigenvalue weighted by Gasteiger charge is -1.99. The standard InChI is InChI=1S/C9H7BrN4/c10-9-2-1-7(13-14-9)8-5-6(11)3-4-12-8/h1-5H,(H2,11,12). The molecule has 0 atom stereocenters. The number of hydrogen-bond acceptors (Lipinski definition) is 4. The average molecular weight is 251 g/mol. The van der Waals surface area contributed by atoms with E-state index in [0.29, 0.717) is 16.0 Å². The zero-order chi connectivity index (χ0) is 9.97. The summed E-state index contributed by atoms with van der Waals surface area (Å²) in [6.45, 7) is 0. The van der Waals surface area contributed by atoms with E-state index < -0.39 is 0 Å². The molecule has 70 valence electrons. The van der Waals surface area contributed by atoms with Crippen LogP contribution in [0.3, 0.4) is 0 Å². The van der Waals surface area contributed by atoms with E-state index in [1.807, 2.05) is 12.1 Å². The lowest BCUT2D eigenvalue weighted by molar-refractivity contribution is 1.00. The monoisotopic (exact) mass is 250 g/mol. The Hall–Kier alpha value is -1.49. The van der Waals surface area contributed by atoms with Gasteiger partial charge in [-0.05, 0) is 40.2 Å². The van der Waals surface area contributed by atoms with E-state index in [0.717, 1.165) is 5.69 Å². The second kappa shape index (κ2) is 3.71. The first kappa shape index (κ1) is 9.08. The molecule has 0 spiro atoms. The summed E-state index contributed by atoms with van der Waals surface area (Å²) < 4.78 is 0.699. The van der Waals surface area contributed by atoms with Crippen LogP contribution in [0.1, 0.15) is 0 Å². The zero-order valence-corrected chi connectivity index (χ0v) is 8.77. The summed E-state index contributed by atoms with van der Waals surface area (Å²) in [7, 11) is 0. The summed E-state index contributed by atoms with van der Waals surface area (Å²) in [6, 6.07) is 7.14. The Morgan fingerprint density at radius 1 is 1.07 bits per heavy atom. The molecule has 2 N–H and O–H groups in total. The number of nitrogen functional groups attached to an aromatic ring is 1. The molecule has 2 rings (SSSR count). The Morgan fingerprint density at radius 3 is 2.57 bits per heavy atom. The molecule has 0 fully saturated rings.